The molecule has 1 N–H and O–H groups in total. The van der Waals surface area contributed by atoms with E-state index in [1.165, 1.54) is 11.8 Å². The van der Waals surface area contributed by atoms with Crippen molar-refractivity contribution < 1.29 is 4.79 Å². The zero-order valence-electron chi connectivity index (χ0n) is 13.3. The quantitative estimate of drug-likeness (QED) is 0.430. The van der Waals surface area contributed by atoms with Crippen LogP contribution in [0.2, 0.25) is 0 Å². The predicted octanol–water partition coefficient (Wildman–Crippen LogP) is 3.71. The molecule has 122 valence electrons. The van der Waals surface area contributed by atoms with Gasteiger partial charge >= 0.3 is 0 Å². The molecule has 24 heavy (non-hydrogen) atoms. The van der Waals surface area contributed by atoms with Crippen molar-refractivity contribution in [1.29, 1.82) is 0 Å². The highest BCUT2D eigenvalue weighted by Gasteiger charge is 2.16. The average Bonchev–Trinajstić information content (AvgIpc) is 3.02. The van der Waals surface area contributed by atoms with Crippen LogP contribution in [0, 0.1) is 0 Å². The Labute approximate surface area is 148 Å². The average molecular weight is 356 g/mol. The zero-order chi connectivity index (χ0) is 16.9. The molecule has 3 aromatic rings. The number of carbonyl (C=O) groups excluding carboxylic acids is 1. The maximum absolute atomic E-state index is 12.2. The minimum Gasteiger partial charge on any atom is -0.272 e. The second-order valence-corrected chi connectivity index (χ2v) is 7.74. The largest absolute Gasteiger partial charge is 0.272 e. The molecule has 0 aliphatic carbocycles. The van der Waals surface area contributed by atoms with E-state index in [1.807, 2.05) is 50.2 Å². The van der Waals surface area contributed by atoms with E-state index < -0.39 is 0 Å². The molecule has 0 saturated heterocycles. The van der Waals surface area contributed by atoms with Gasteiger partial charge in [0.1, 0.15) is 0 Å². The molecular formula is C17H16N4OS2. The van der Waals surface area contributed by atoms with Crippen molar-refractivity contribution in [3.05, 3.63) is 54.4 Å². The van der Waals surface area contributed by atoms with Crippen LogP contribution in [0.25, 0.3) is 10.2 Å². The smallest absolute Gasteiger partial charge is 0.253 e. The predicted molar refractivity (Wildman–Crippen MR) is 99.5 cm³/mol. The van der Waals surface area contributed by atoms with E-state index in [0.29, 0.717) is 0 Å². The summed E-state index contributed by atoms with van der Waals surface area (Å²) >= 11 is 3.03. The summed E-state index contributed by atoms with van der Waals surface area (Å²) in [6.07, 6.45) is 3.39. The van der Waals surface area contributed by atoms with Gasteiger partial charge in [-0.15, -0.1) is 11.3 Å². The van der Waals surface area contributed by atoms with Crippen LogP contribution in [0.1, 0.15) is 19.4 Å². The normalized spacial score (nSPS) is 13.0. The summed E-state index contributed by atoms with van der Waals surface area (Å²) in [5.41, 5.74) is 5.25. The number of hydrazone groups is 1. The second-order valence-electron chi connectivity index (χ2n) is 5.12. The summed E-state index contributed by atoms with van der Waals surface area (Å²) in [6.45, 7) is 3.70. The molecule has 0 unspecified atom stereocenters. The fourth-order valence-corrected chi connectivity index (χ4v) is 4.20. The Kier molecular flexibility index (Phi) is 5.22. The first-order valence-electron chi connectivity index (χ1n) is 7.40. The molecule has 0 aliphatic heterocycles. The molecule has 0 spiro atoms. The summed E-state index contributed by atoms with van der Waals surface area (Å²) < 4.78 is 2.01. The number of fused-ring (bicyclic) bond motifs is 1. The van der Waals surface area contributed by atoms with E-state index in [1.54, 1.807) is 23.7 Å². The Hall–Kier alpha value is -2.25. The highest BCUT2D eigenvalue weighted by Crippen LogP contribution is 2.31. The van der Waals surface area contributed by atoms with Gasteiger partial charge < -0.3 is 0 Å². The molecule has 1 aromatic carbocycles. The lowest BCUT2D eigenvalue weighted by Crippen LogP contribution is -2.27. The summed E-state index contributed by atoms with van der Waals surface area (Å²) in [7, 11) is 0. The molecule has 3 rings (SSSR count). The number of benzene rings is 1. The van der Waals surface area contributed by atoms with Crippen molar-refractivity contribution in [2.45, 2.75) is 23.4 Å². The third-order valence-electron chi connectivity index (χ3n) is 3.35. The van der Waals surface area contributed by atoms with Crippen LogP contribution in [-0.4, -0.2) is 26.8 Å². The summed E-state index contributed by atoms with van der Waals surface area (Å²) in [6, 6.07) is 11.7. The number of aromatic nitrogens is 2. The molecule has 1 atom stereocenters. The highest BCUT2D eigenvalue weighted by molar-refractivity contribution is 8.02. The van der Waals surface area contributed by atoms with E-state index in [9.17, 15) is 4.79 Å². The van der Waals surface area contributed by atoms with Gasteiger partial charge in [0.05, 0.1) is 21.2 Å². The minimum absolute atomic E-state index is 0.146. The maximum atomic E-state index is 12.2. The molecule has 7 heteroatoms. The van der Waals surface area contributed by atoms with Crippen molar-refractivity contribution in [2.75, 3.05) is 0 Å². The molecule has 0 bridgehead atoms. The Morgan fingerprint density at radius 2 is 2.00 bits per heavy atom. The number of para-hydroxylation sites is 1. The minimum atomic E-state index is -0.278. The SMILES string of the molecule is C/C(=N/NC(=O)[C@H](C)Sc1nc2ccccc2s1)c1ccncc1. The molecule has 1 amide bonds. The van der Waals surface area contributed by atoms with E-state index >= 15 is 0 Å². The number of carbonyl (C=O) groups is 1. The van der Waals surface area contributed by atoms with Gasteiger partial charge in [-0.3, -0.25) is 9.78 Å². The monoisotopic (exact) mass is 356 g/mol. The van der Waals surface area contributed by atoms with Crippen LogP contribution in [0.5, 0.6) is 0 Å². The zero-order valence-corrected chi connectivity index (χ0v) is 14.9. The molecule has 2 heterocycles. The molecule has 0 radical (unpaired) electrons. The van der Waals surface area contributed by atoms with Crippen LogP contribution in [0.4, 0.5) is 0 Å². The summed E-state index contributed by atoms with van der Waals surface area (Å²) in [5, 5.41) is 3.88. The Balaban J connectivity index is 1.62. The van der Waals surface area contributed by atoms with Gasteiger partial charge in [-0.25, -0.2) is 10.4 Å². The number of thiazole rings is 1. The standard InChI is InChI=1S/C17H16N4OS2/c1-11(13-7-9-18-10-8-13)20-21-16(22)12(2)23-17-19-14-5-3-4-6-15(14)24-17/h3-10,12H,1-2H3,(H,21,22)/b20-11-/t12-/m0/s1. The van der Waals surface area contributed by atoms with E-state index in [4.69, 9.17) is 0 Å². The second kappa shape index (κ2) is 7.55. The first-order chi connectivity index (χ1) is 11.6. The van der Waals surface area contributed by atoms with Gasteiger partial charge in [-0.05, 0) is 38.1 Å². The van der Waals surface area contributed by atoms with Crippen LogP contribution in [0.3, 0.4) is 0 Å². The van der Waals surface area contributed by atoms with Crippen molar-refractivity contribution in [3.63, 3.8) is 0 Å². The lowest BCUT2D eigenvalue weighted by molar-refractivity contribution is -0.120. The molecule has 2 aromatic heterocycles. The van der Waals surface area contributed by atoms with Gasteiger partial charge in [0, 0.05) is 18.0 Å². The van der Waals surface area contributed by atoms with Crippen molar-refractivity contribution in [1.82, 2.24) is 15.4 Å². The number of hydrogen-bond donors (Lipinski definition) is 1. The van der Waals surface area contributed by atoms with Crippen molar-refractivity contribution >= 4 is 44.9 Å². The number of thioether (sulfide) groups is 1. The molecule has 0 fully saturated rings. The van der Waals surface area contributed by atoms with Gasteiger partial charge in [-0.2, -0.15) is 5.10 Å². The number of nitrogens with zero attached hydrogens (tertiary/aromatic N) is 3. The number of rotatable bonds is 5. The molecule has 0 saturated carbocycles. The van der Waals surface area contributed by atoms with Crippen LogP contribution in [0.15, 0.2) is 58.2 Å². The lowest BCUT2D eigenvalue weighted by atomic mass is 10.2. The number of pyridine rings is 1. The number of hydrogen-bond acceptors (Lipinski definition) is 6. The molecule has 5 nitrogen and oxygen atoms in total. The van der Waals surface area contributed by atoms with Crippen molar-refractivity contribution in [3.8, 4) is 0 Å². The first-order valence-corrected chi connectivity index (χ1v) is 9.10. The van der Waals surface area contributed by atoms with Gasteiger partial charge in [0.15, 0.2) is 4.34 Å². The van der Waals surface area contributed by atoms with Gasteiger partial charge in [0.25, 0.3) is 5.91 Å². The van der Waals surface area contributed by atoms with E-state index in [0.717, 1.165) is 25.8 Å². The Bertz CT molecular complexity index is 843. The van der Waals surface area contributed by atoms with Crippen LogP contribution >= 0.6 is 23.1 Å². The fourth-order valence-electron chi connectivity index (χ4n) is 1.99. The molecular weight excluding hydrogens is 340 g/mol. The number of nitrogens with one attached hydrogen (secondary N) is 1. The highest BCUT2D eigenvalue weighted by atomic mass is 32.2. The van der Waals surface area contributed by atoms with Crippen LogP contribution < -0.4 is 5.43 Å². The Morgan fingerprint density at radius 1 is 1.25 bits per heavy atom. The summed E-state index contributed by atoms with van der Waals surface area (Å²) in [5.74, 6) is -0.146. The molecule has 0 aliphatic rings. The fraction of sp³-hybridized carbons (Fsp3) is 0.176. The van der Waals surface area contributed by atoms with Gasteiger partial charge in [0.2, 0.25) is 0 Å². The van der Waals surface area contributed by atoms with E-state index in [2.05, 4.69) is 20.5 Å². The van der Waals surface area contributed by atoms with Crippen LogP contribution in [-0.2, 0) is 4.79 Å². The summed E-state index contributed by atoms with van der Waals surface area (Å²) in [4.78, 5) is 20.7. The number of amides is 1. The Morgan fingerprint density at radius 3 is 2.75 bits per heavy atom. The lowest BCUT2D eigenvalue weighted by Gasteiger charge is -2.08. The topological polar surface area (TPSA) is 67.2 Å². The third-order valence-corrected chi connectivity index (χ3v) is 5.58. The van der Waals surface area contributed by atoms with E-state index in [-0.39, 0.29) is 11.2 Å². The maximum Gasteiger partial charge on any atom is 0.253 e. The van der Waals surface area contributed by atoms with Gasteiger partial charge in [-0.1, -0.05) is 23.9 Å². The third kappa shape index (κ3) is 3.98. The first kappa shape index (κ1) is 16.6. The van der Waals surface area contributed by atoms with Crippen molar-refractivity contribution in [2.24, 2.45) is 5.10 Å².